The summed E-state index contributed by atoms with van der Waals surface area (Å²) in [5, 5.41) is 5.78. The monoisotopic (exact) mass is 261 g/mol. The standard InChI is InChI=1S/C17H15N3/c1-11-15-9-18-10-16(15)20-17(19-11)14-8-4-6-12-5-2-3-7-13(12)14/h2-8,18H,9-10H2,1H3. The summed E-state index contributed by atoms with van der Waals surface area (Å²) >= 11 is 0. The molecule has 2 aromatic carbocycles. The Labute approximate surface area is 117 Å². The van der Waals surface area contributed by atoms with Crippen molar-refractivity contribution in [3.8, 4) is 11.4 Å². The highest BCUT2D eigenvalue weighted by Crippen LogP contribution is 2.28. The molecule has 0 fully saturated rings. The van der Waals surface area contributed by atoms with Gasteiger partial charge in [-0.1, -0.05) is 42.5 Å². The Hall–Kier alpha value is -2.26. The summed E-state index contributed by atoms with van der Waals surface area (Å²) in [6.07, 6.45) is 0. The lowest BCUT2D eigenvalue weighted by atomic mass is 10.0. The molecule has 0 aliphatic carbocycles. The van der Waals surface area contributed by atoms with E-state index in [-0.39, 0.29) is 0 Å². The Kier molecular flexibility index (Phi) is 2.54. The second-order valence-electron chi connectivity index (χ2n) is 5.19. The average molecular weight is 261 g/mol. The Morgan fingerprint density at radius 3 is 2.75 bits per heavy atom. The second-order valence-corrected chi connectivity index (χ2v) is 5.19. The molecule has 0 unspecified atom stereocenters. The number of nitrogens with one attached hydrogen (secondary N) is 1. The molecule has 0 radical (unpaired) electrons. The zero-order chi connectivity index (χ0) is 13.5. The molecule has 1 N–H and O–H groups in total. The highest BCUT2D eigenvalue weighted by Gasteiger charge is 2.17. The highest BCUT2D eigenvalue weighted by molar-refractivity contribution is 5.95. The van der Waals surface area contributed by atoms with Gasteiger partial charge in [0.05, 0.1) is 5.69 Å². The van der Waals surface area contributed by atoms with Crippen LogP contribution in [0.1, 0.15) is 17.0 Å². The quantitative estimate of drug-likeness (QED) is 0.731. The summed E-state index contributed by atoms with van der Waals surface area (Å²) in [6, 6.07) is 14.7. The van der Waals surface area contributed by atoms with E-state index in [0.29, 0.717) is 0 Å². The van der Waals surface area contributed by atoms with Gasteiger partial charge in [-0.05, 0) is 17.7 Å². The first-order valence-electron chi connectivity index (χ1n) is 6.88. The lowest BCUT2D eigenvalue weighted by Gasteiger charge is -2.09. The molecular formula is C17H15N3. The lowest BCUT2D eigenvalue weighted by molar-refractivity contribution is 0.757. The van der Waals surface area contributed by atoms with Gasteiger partial charge >= 0.3 is 0 Å². The molecular weight excluding hydrogens is 246 g/mol. The molecule has 98 valence electrons. The molecule has 1 aliphatic rings. The molecule has 1 aromatic heterocycles. The van der Waals surface area contributed by atoms with E-state index in [4.69, 9.17) is 9.97 Å². The van der Waals surface area contributed by atoms with Crippen LogP contribution in [0.3, 0.4) is 0 Å². The smallest absolute Gasteiger partial charge is 0.160 e. The molecule has 3 aromatic rings. The number of fused-ring (bicyclic) bond motifs is 2. The number of hydrogen-bond donors (Lipinski definition) is 1. The van der Waals surface area contributed by atoms with E-state index in [1.165, 1.54) is 16.3 Å². The van der Waals surface area contributed by atoms with E-state index in [9.17, 15) is 0 Å². The normalized spacial score (nSPS) is 13.7. The van der Waals surface area contributed by atoms with E-state index in [0.717, 1.165) is 35.9 Å². The Balaban J connectivity index is 1.98. The molecule has 0 amide bonds. The first-order chi connectivity index (χ1) is 9.83. The third-order valence-electron chi connectivity index (χ3n) is 3.92. The number of benzene rings is 2. The first kappa shape index (κ1) is 11.6. The fourth-order valence-corrected chi connectivity index (χ4v) is 2.88. The topological polar surface area (TPSA) is 37.8 Å². The minimum atomic E-state index is 0.835. The zero-order valence-corrected chi connectivity index (χ0v) is 11.4. The van der Waals surface area contributed by atoms with Crippen LogP contribution >= 0.6 is 0 Å². The Morgan fingerprint density at radius 2 is 1.80 bits per heavy atom. The zero-order valence-electron chi connectivity index (χ0n) is 11.4. The van der Waals surface area contributed by atoms with Crippen LogP contribution in [0.4, 0.5) is 0 Å². The maximum atomic E-state index is 4.76. The lowest BCUT2D eigenvalue weighted by Crippen LogP contribution is -2.00. The van der Waals surface area contributed by atoms with Crippen LogP contribution in [0.5, 0.6) is 0 Å². The van der Waals surface area contributed by atoms with Crippen LogP contribution in [-0.2, 0) is 13.1 Å². The third-order valence-corrected chi connectivity index (χ3v) is 3.92. The maximum Gasteiger partial charge on any atom is 0.160 e. The van der Waals surface area contributed by atoms with Crippen LogP contribution in [0.25, 0.3) is 22.2 Å². The summed E-state index contributed by atoms with van der Waals surface area (Å²) < 4.78 is 0. The van der Waals surface area contributed by atoms with Gasteiger partial charge in [-0.15, -0.1) is 0 Å². The largest absolute Gasteiger partial charge is 0.307 e. The summed E-state index contributed by atoms with van der Waals surface area (Å²) in [5.74, 6) is 0.835. The van der Waals surface area contributed by atoms with Crippen molar-refractivity contribution in [2.45, 2.75) is 20.0 Å². The molecule has 2 heterocycles. The minimum Gasteiger partial charge on any atom is -0.307 e. The van der Waals surface area contributed by atoms with Gasteiger partial charge in [0.25, 0.3) is 0 Å². The molecule has 4 rings (SSSR count). The average Bonchev–Trinajstić information content (AvgIpc) is 2.95. The van der Waals surface area contributed by atoms with Crippen molar-refractivity contribution in [2.75, 3.05) is 0 Å². The Morgan fingerprint density at radius 1 is 0.950 bits per heavy atom. The van der Waals surface area contributed by atoms with E-state index < -0.39 is 0 Å². The Bertz CT molecular complexity index is 803. The third kappa shape index (κ3) is 1.71. The first-order valence-corrected chi connectivity index (χ1v) is 6.88. The van der Waals surface area contributed by atoms with Crippen LogP contribution in [-0.4, -0.2) is 9.97 Å². The predicted octanol–water partition coefficient (Wildman–Crippen LogP) is 3.21. The van der Waals surface area contributed by atoms with Gasteiger partial charge in [0.2, 0.25) is 0 Å². The van der Waals surface area contributed by atoms with Gasteiger partial charge in [-0.2, -0.15) is 0 Å². The molecule has 0 spiro atoms. The minimum absolute atomic E-state index is 0.835. The second kappa shape index (κ2) is 4.39. The summed E-state index contributed by atoms with van der Waals surface area (Å²) in [6.45, 7) is 3.80. The van der Waals surface area contributed by atoms with Crippen molar-refractivity contribution in [3.63, 3.8) is 0 Å². The van der Waals surface area contributed by atoms with Crippen LogP contribution in [0.2, 0.25) is 0 Å². The van der Waals surface area contributed by atoms with Crippen molar-refractivity contribution < 1.29 is 0 Å². The van der Waals surface area contributed by atoms with E-state index in [1.807, 2.05) is 0 Å². The molecule has 3 heteroatoms. The number of hydrogen-bond acceptors (Lipinski definition) is 3. The van der Waals surface area contributed by atoms with E-state index in [1.54, 1.807) is 0 Å². The highest BCUT2D eigenvalue weighted by atomic mass is 15.0. The number of rotatable bonds is 1. The molecule has 0 bridgehead atoms. The number of aryl methyl sites for hydroxylation is 1. The van der Waals surface area contributed by atoms with E-state index >= 15 is 0 Å². The summed E-state index contributed by atoms with van der Waals surface area (Å²) in [5.41, 5.74) is 4.60. The van der Waals surface area contributed by atoms with Crippen molar-refractivity contribution in [3.05, 3.63) is 59.4 Å². The van der Waals surface area contributed by atoms with Crippen molar-refractivity contribution in [2.24, 2.45) is 0 Å². The molecule has 0 saturated heterocycles. The van der Waals surface area contributed by atoms with Crippen LogP contribution in [0, 0.1) is 6.92 Å². The van der Waals surface area contributed by atoms with Crippen molar-refractivity contribution >= 4 is 10.8 Å². The predicted molar refractivity (Wildman–Crippen MR) is 80.3 cm³/mol. The van der Waals surface area contributed by atoms with Crippen molar-refractivity contribution in [1.82, 2.24) is 15.3 Å². The van der Waals surface area contributed by atoms with Crippen LogP contribution in [0.15, 0.2) is 42.5 Å². The molecule has 0 atom stereocenters. The fourth-order valence-electron chi connectivity index (χ4n) is 2.88. The van der Waals surface area contributed by atoms with Gasteiger partial charge in [0.15, 0.2) is 5.82 Å². The van der Waals surface area contributed by atoms with Gasteiger partial charge in [0.1, 0.15) is 0 Å². The molecule has 0 saturated carbocycles. The van der Waals surface area contributed by atoms with Gasteiger partial charge in [0, 0.05) is 29.9 Å². The van der Waals surface area contributed by atoms with Crippen LogP contribution < -0.4 is 5.32 Å². The molecule has 1 aliphatic heterocycles. The maximum absolute atomic E-state index is 4.76. The van der Waals surface area contributed by atoms with Gasteiger partial charge in [-0.25, -0.2) is 9.97 Å². The van der Waals surface area contributed by atoms with Gasteiger partial charge < -0.3 is 5.32 Å². The van der Waals surface area contributed by atoms with Crippen molar-refractivity contribution in [1.29, 1.82) is 0 Å². The fraction of sp³-hybridized carbons (Fsp3) is 0.176. The summed E-state index contributed by atoms with van der Waals surface area (Å²) in [7, 11) is 0. The van der Waals surface area contributed by atoms with Gasteiger partial charge in [-0.3, -0.25) is 0 Å². The molecule has 20 heavy (non-hydrogen) atoms. The summed E-state index contributed by atoms with van der Waals surface area (Å²) in [4.78, 5) is 9.47. The number of aromatic nitrogens is 2. The number of nitrogens with zero attached hydrogens (tertiary/aromatic N) is 2. The SMILES string of the molecule is Cc1nc(-c2cccc3ccccc23)nc2c1CNC2. The van der Waals surface area contributed by atoms with E-state index in [2.05, 4.69) is 54.7 Å². The molecule has 3 nitrogen and oxygen atoms in total.